The Balaban J connectivity index is 2.02. The average Bonchev–Trinajstić information content (AvgIpc) is 2.91. The Morgan fingerprint density at radius 2 is 2.30 bits per heavy atom. The molecule has 2 rings (SSSR count). The second kappa shape index (κ2) is 6.11. The molecule has 0 aliphatic carbocycles. The van der Waals surface area contributed by atoms with Crippen molar-refractivity contribution >= 4 is 23.2 Å². The number of nitrogens with one attached hydrogen (secondary N) is 1. The Bertz CT molecular complexity index is 629. The molecule has 0 saturated carbocycles. The van der Waals surface area contributed by atoms with Crippen molar-refractivity contribution in [3.8, 4) is 0 Å². The number of nitro benzene ring substituents is 1. The maximum absolute atomic E-state index is 11.9. The van der Waals surface area contributed by atoms with Gasteiger partial charge in [-0.3, -0.25) is 14.9 Å². The van der Waals surface area contributed by atoms with Crippen LogP contribution in [0.1, 0.15) is 16.2 Å². The number of halogens is 1. The van der Waals surface area contributed by atoms with Crippen LogP contribution in [0.5, 0.6) is 0 Å². The number of hydrogen-bond donors (Lipinski definition) is 1. The fourth-order valence-electron chi connectivity index (χ4n) is 1.52. The SMILES string of the molecule is O=C(NCCc1ncno1)c1cccc([N+](=O)[O-])c1Cl. The first kappa shape index (κ1) is 13.9. The summed E-state index contributed by atoms with van der Waals surface area (Å²) >= 11 is 5.83. The molecular weight excluding hydrogens is 288 g/mol. The van der Waals surface area contributed by atoms with Crippen LogP contribution in [0.15, 0.2) is 29.0 Å². The van der Waals surface area contributed by atoms with Gasteiger partial charge >= 0.3 is 0 Å². The van der Waals surface area contributed by atoms with Gasteiger partial charge in [-0.2, -0.15) is 4.98 Å². The Morgan fingerprint density at radius 1 is 1.50 bits per heavy atom. The Labute approximate surface area is 117 Å². The van der Waals surface area contributed by atoms with Crippen molar-refractivity contribution in [2.45, 2.75) is 6.42 Å². The van der Waals surface area contributed by atoms with Crippen LogP contribution in [-0.4, -0.2) is 27.5 Å². The van der Waals surface area contributed by atoms with E-state index in [0.717, 1.165) is 0 Å². The van der Waals surface area contributed by atoms with Gasteiger partial charge in [-0.25, -0.2) is 0 Å². The van der Waals surface area contributed by atoms with Crippen LogP contribution >= 0.6 is 11.6 Å². The van der Waals surface area contributed by atoms with Crippen LogP contribution in [0.3, 0.4) is 0 Å². The van der Waals surface area contributed by atoms with Gasteiger partial charge in [0.2, 0.25) is 5.89 Å². The van der Waals surface area contributed by atoms with Crippen LogP contribution in [0, 0.1) is 10.1 Å². The van der Waals surface area contributed by atoms with Crippen molar-refractivity contribution in [1.29, 1.82) is 0 Å². The monoisotopic (exact) mass is 296 g/mol. The first-order valence-corrected chi connectivity index (χ1v) is 5.94. The molecule has 0 radical (unpaired) electrons. The lowest BCUT2D eigenvalue weighted by molar-refractivity contribution is -0.384. The van der Waals surface area contributed by atoms with Crippen molar-refractivity contribution in [3.63, 3.8) is 0 Å². The molecule has 8 nitrogen and oxygen atoms in total. The van der Waals surface area contributed by atoms with E-state index in [2.05, 4.69) is 15.5 Å². The number of carbonyl (C=O) groups is 1. The molecule has 0 bridgehead atoms. The first-order chi connectivity index (χ1) is 9.59. The summed E-state index contributed by atoms with van der Waals surface area (Å²) in [6.45, 7) is 0.250. The summed E-state index contributed by atoms with van der Waals surface area (Å²) in [4.78, 5) is 25.8. The van der Waals surface area contributed by atoms with E-state index in [-0.39, 0.29) is 22.8 Å². The molecule has 0 saturated heterocycles. The fourth-order valence-corrected chi connectivity index (χ4v) is 1.80. The van der Waals surface area contributed by atoms with E-state index in [1.807, 2.05) is 0 Å². The zero-order valence-corrected chi connectivity index (χ0v) is 10.8. The van der Waals surface area contributed by atoms with Crippen molar-refractivity contribution in [2.24, 2.45) is 0 Å². The molecule has 0 unspecified atom stereocenters. The quantitative estimate of drug-likeness (QED) is 0.662. The minimum atomic E-state index is -0.641. The third kappa shape index (κ3) is 3.09. The molecule has 1 aromatic carbocycles. The summed E-state index contributed by atoms with van der Waals surface area (Å²) in [6.07, 6.45) is 1.62. The van der Waals surface area contributed by atoms with Gasteiger partial charge in [-0.05, 0) is 6.07 Å². The van der Waals surface area contributed by atoms with E-state index in [9.17, 15) is 14.9 Å². The van der Waals surface area contributed by atoms with E-state index in [0.29, 0.717) is 12.3 Å². The molecule has 2 aromatic rings. The molecular formula is C11H9ClN4O4. The predicted octanol–water partition coefficient (Wildman–Crippen LogP) is 1.60. The second-order valence-electron chi connectivity index (χ2n) is 3.74. The van der Waals surface area contributed by atoms with Crippen LogP contribution in [0.25, 0.3) is 0 Å². The normalized spacial score (nSPS) is 10.2. The third-order valence-corrected chi connectivity index (χ3v) is 2.85. The molecule has 0 spiro atoms. The molecule has 9 heteroatoms. The van der Waals surface area contributed by atoms with Gasteiger partial charge in [-0.1, -0.05) is 22.8 Å². The highest BCUT2D eigenvalue weighted by Gasteiger charge is 2.19. The first-order valence-electron chi connectivity index (χ1n) is 5.56. The van der Waals surface area contributed by atoms with Gasteiger partial charge in [-0.15, -0.1) is 0 Å². The molecule has 104 valence electrons. The lowest BCUT2D eigenvalue weighted by Crippen LogP contribution is -2.26. The molecule has 1 N–H and O–H groups in total. The summed E-state index contributed by atoms with van der Waals surface area (Å²) < 4.78 is 4.77. The van der Waals surface area contributed by atoms with Gasteiger partial charge in [0, 0.05) is 19.0 Å². The Morgan fingerprint density at radius 3 is 2.95 bits per heavy atom. The minimum Gasteiger partial charge on any atom is -0.351 e. The highest BCUT2D eigenvalue weighted by atomic mass is 35.5. The van der Waals surface area contributed by atoms with E-state index < -0.39 is 10.8 Å². The number of hydrogen-bond acceptors (Lipinski definition) is 6. The number of carbonyl (C=O) groups excluding carboxylic acids is 1. The molecule has 1 aromatic heterocycles. The van der Waals surface area contributed by atoms with Crippen molar-refractivity contribution in [1.82, 2.24) is 15.5 Å². The van der Waals surface area contributed by atoms with Crippen molar-refractivity contribution in [2.75, 3.05) is 6.54 Å². The highest BCUT2D eigenvalue weighted by Crippen LogP contribution is 2.27. The van der Waals surface area contributed by atoms with Crippen LogP contribution in [0.4, 0.5) is 5.69 Å². The number of nitro groups is 1. The summed E-state index contributed by atoms with van der Waals surface area (Å²) in [5.41, 5.74) is -0.261. The molecule has 0 atom stereocenters. The number of benzene rings is 1. The minimum absolute atomic E-state index is 0.0476. The van der Waals surface area contributed by atoms with Gasteiger partial charge in [0.05, 0.1) is 10.5 Å². The van der Waals surface area contributed by atoms with Gasteiger partial charge in [0.15, 0.2) is 6.33 Å². The number of nitrogens with zero attached hydrogens (tertiary/aromatic N) is 3. The Hall–Kier alpha value is -2.48. The molecule has 0 aliphatic rings. The highest BCUT2D eigenvalue weighted by molar-refractivity contribution is 6.35. The molecule has 1 amide bonds. The van der Waals surface area contributed by atoms with Crippen LogP contribution < -0.4 is 5.32 Å². The Kier molecular flexibility index (Phi) is 4.26. The standard InChI is InChI=1S/C11H9ClN4O4/c12-10-7(2-1-3-8(10)16(18)19)11(17)13-5-4-9-14-6-15-20-9/h1-3,6H,4-5H2,(H,13,17). The van der Waals surface area contributed by atoms with Crippen molar-refractivity contribution < 1.29 is 14.2 Å². The predicted molar refractivity (Wildman–Crippen MR) is 68.4 cm³/mol. The largest absolute Gasteiger partial charge is 0.351 e. The fraction of sp³-hybridized carbons (Fsp3) is 0.182. The van der Waals surface area contributed by atoms with Crippen LogP contribution in [-0.2, 0) is 6.42 Å². The van der Waals surface area contributed by atoms with Gasteiger partial charge in [0.1, 0.15) is 5.02 Å². The molecule has 20 heavy (non-hydrogen) atoms. The lowest BCUT2D eigenvalue weighted by atomic mass is 10.2. The second-order valence-corrected chi connectivity index (χ2v) is 4.11. The van der Waals surface area contributed by atoms with E-state index in [1.165, 1.54) is 24.5 Å². The van der Waals surface area contributed by atoms with E-state index in [4.69, 9.17) is 16.1 Å². The van der Waals surface area contributed by atoms with Gasteiger partial charge < -0.3 is 9.84 Å². The summed E-state index contributed by atoms with van der Waals surface area (Å²) in [5, 5.41) is 16.5. The number of rotatable bonds is 5. The third-order valence-electron chi connectivity index (χ3n) is 2.45. The van der Waals surface area contributed by atoms with Crippen LogP contribution in [0.2, 0.25) is 5.02 Å². The zero-order valence-electron chi connectivity index (χ0n) is 10.1. The molecule has 0 aliphatic heterocycles. The summed E-state index contributed by atoms with van der Waals surface area (Å²) in [7, 11) is 0. The van der Waals surface area contributed by atoms with Gasteiger partial charge in [0.25, 0.3) is 11.6 Å². The van der Waals surface area contributed by atoms with E-state index in [1.54, 1.807) is 0 Å². The maximum atomic E-state index is 11.9. The molecule has 1 heterocycles. The van der Waals surface area contributed by atoms with Crippen molar-refractivity contribution in [3.05, 3.63) is 51.1 Å². The average molecular weight is 297 g/mol. The topological polar surface area (TPSA) is 111 Å². The number of amides is 1. The summed E-state index contributed by atoms with van der Waals surface area (Å²) in [5.74, 6) is -0.117. The smallest absolute Gasteiger partial charge is 0.288 e. The molecule has 0 fully saturated rings. The number of aromatic nitrogens is 2. The summed E-state index contributed by atoms with van der Waals surface area (Å²) in [6, 6.07) is 4.05. The zero-order chi connectivity index (χ0) is 14.5. The maximum Gasteiger partial charge on any atom is 0.288 e. The van der Waals surface area contributed by atoms with E-state index >= 15 is 0 Å². The lowest BCUT2D eigenvalue weighted by Gasteiger charge is -2.05.